The van der Waals surface area contributed by atoms with Crippen LogP contribution in [0.3, 0.4) is 0 Å². The van der Waals surface area contributed by atoms with Crippen molar-refractivity contribution in [1.82, 2.24) is 15.5 Å². The summed E-state index contributed by atoms with van der Waals surface area (Å²) < 4.78 is 10.1. The van der Waals surface area contributed by atoms with E-state index in [0.717, 1.165) is 19.0 Å². The summed E-state index contributed by atoms with van der Waals surface area (Å²) in [4.78, 5) is 4.29. The minimum atomic E-state index is 0.355. The number of rotatable bonds is 3. The minimum absolute atomic E-state index is 0.355. The highest BCUT2D eigenvalue weighted by molar-refractivity contribution is 5.00. The zero-order chi connectivity index (χ0) is 9.97. The van der Waals surface area contributed by atoms with Gasteiger partial charge in [0, 0.05) is 13.7 Å². The Morgan fingerprint density at radius 2 is 2.43 bits per heavy atom. The third kappa shape index (κ3) is 1.78. The third-order valence-corrected chi connectivity index (χ3v) is 2.59. The molecule has 1 N–H and O–H groups in total. The van der Waals surface area contributed by atoms with E-state index in [4.69, 9.17) is 9.26 Å². The molecule has 2 atom stereocenters. The molecule has 2 rings (SSSR count). The molecule has 2 unspecified atom stereocenters. The van der Waals surface area contributed by atoms with Crippen molar-refractivity contribution in [2.45, 2.75) is 19.4 Å². The van der Waals surface area contributed by atoms with Crippen LogP contribution in [0.1, 0.15) is 24.6 Å². The highest BCUT2D eigenvalue weighted by atomic mass is 16.5. The lowest BCUT2D eigenvalue weighted by Gasteiger charge is -2.07. The molecular formula is C9H15N3O2. The Kier molecular flexibility index (Phi) is 2.79. The molecule has 1 aliphatic heterocycles. The highest BCUT2D eigenvalue weighted by Crippen LogP contribution is 2.25. The summed E-state index contributed by atoms with van der Waals surface area (Å²) in [6.07, 6.45) is 0. The maximum absolute atomic E-state index is 5.19. The Hall–Kier alpha value is -0.940. The number of hydrogen-bond donors (Lipinski definition) is 1. The quantitative estimate of drug-likeness (QED) is 0.766. The van der Waals surface area contributed by atoms with Crippen molar-refractivity contribution < 1.29 is 9.26 Å². The predicted molar refractivity (Wildman–Crippen MR) is 49.8 cm³/mol. The first kappa shape index (κ1) is 9.61. The average molecular weight is 197 g/mol. The number of nitrogens with zero attached hydrogens (tertiary/aromatic N) is 2. The number of nitrogens with one attached hydrogen (secondary N) is 1. The SMILES string of the molecule is COCc1noc(C2CNCC2C)n1. The molecule has 0 aromatic carbocycles. The van der Waals surface area contributed by atoms with E-state index in [1.807, 2.05) is 0 Å². The lowest BCUT2D eigenvalue weighted by atomic mass is 9.98. The third-order valence-electron chi connectivity index (χ3n) is 2.59. The zero-order valence-electron chi connectivity index (χ0n) is 8.49. The maximum atomic E-state index is 5.19. The van der Waals surface area contributed by atoms with Gasteiger partial charge in [-0.3, -0.25) is 0 Å². The lowest BCUT2D eigenvalue weighted by Crippen LogP contribution is -2.08. The second-order valence-electron chi connectivity index (χ2n) is 3.72. The van der Waals surface area contributed by atoms with Crippen LogP contribution in [0.5, 0.6) is 0 Å². The van der Waals surface area contributed by atoms with Crippen LogP contribution in [0.4, 0.5) is 0 Å². The lowest BCUT2D eigenvalue weighted by molar-refractivity contribution is 0.174. The molecule has 0 spiro atoms. The molecule has 5 heteroatoms. The van der Waals surface area contributed by atoms with E-state index in [2.05, 4.69) is 22.4 Å². The van der Waals surface area contributed by atoms with Gasteiger partial charge in [0.1, 0.15) is 6.61 Å². The van der Waals surface area contributed by atoms with Gasteiger partial charge in [-0.05, 0) is 12.5 Å². The first-order valence-corrected chi connectivity index (χ1v) is 4.83. The van der Waals surface area contributed by atoms with Gasteiger partial charge >= 0.3 is 0 Å². The molecule has 1 aromatic rings. The molecule has 2 heterocycles. The van der Waals surface area contributed by atoms with Crippen molar-refractivity contribution in [2.24, 2.45) is 5.92 Å². The topological polar surface area (TPSA) is 60.2 Å². The number of methoxy groups -OCH3 is 1. The number of ether oxygens (including phenoxy) is 1. The fourth-order valence-corrected chi connectivity index (χ4v) is 1.75. The first-order valence-electron chi connectivity index (χ1n) is 4.83. The van der Waals surface area contributed by atoms with Crippen LogP contribution in [0.15, 0.2) is 4.52 Å². The monoisotopic (exact) mass is 197 g/mol. The van der Waals surface area contributed by atoms with Crippen LogP contribution in [0.25, 0.3) is 0 Å². The molecule has 0 aliphatic carbocycles. The molecule has 1 aliphatic rings. The van der Waals surface area contributed by atoms with Gasteiger partial charge in [0.25, 0.3) is 0 Å². The Bertz CT molecular complexity index is 300. The Labute approximate surface area is 82.8 Å². The highest BCUT2D eigenvalue weighted by Gasteiger charge is 2.29. The second kappa shape index (κ2) is 4.06. The summed E-state index contributed by atoms with van der Waals surface area (Å²) in [5.41, 5.74) is 0. The van der Waals surface area contributed by atoms with Gasteiger partial charge < -0.3 is 14.6 Å². The molecule has 0 amide bonds. The zero-order valence-corrected chi connectivity index (χ0v) is 8.49. The summed E-state index contributed by atoms with van der Waals surface area (Å²) >= 11 is 0. The van der Waals surface area contributed by atoms with Gasteiger partial charge in [-0.2, -0.15) is 4.98 Å². The Morgan fingerprint density at radius 1 is 1.57 bits per heavy atom. The van der Waals surface area contributed by atoms with Crippen LogP contribution in [-0.4, -0.2) is 30.3 Å². The normalized spacial score (nSPS) is 27.0. The fraction of sp³-hybridized carbons (Fsp3) is 0.778. The average Bonchev–Trinajstić information content (AvgIpc) is 2.74. The predicted octanol–water partition coefficient (Wildman–Crippen LogP) is 0.539. The molecule has 1 aromatic heterocycles. The summed E-state index contributed by atoms with van der Waals surface area (Å²) in [5.74, 6) is 2.27. The Morgan fingerprint density at radius 3 is 3.07 bits per heavy atom. The standard InChI is InChI=1S/C9H15N3O2/c1-6-3-10-4-7(6)9-11-8(5-13-2)12-14-9/h6-7,10H,3-5H2,1-2H3. The second-order valence-corrected chi connectivity index (χ2v) is 3.72. The molecule has 0 saturated carbocycles. The van der Waals surface area contributed by atoms with E-state index >= 15 is 0 Å². The van der Waals surface area contributed by atoms with Crippen molar-refractivity contribution in [2.75, 3.05) is 20.2 Å². The summed E-state index contributed by atoms with van der Waals surface area (Å²) in [6, 6.07) is 0. The van der Waals surface area contributed by atoms with E-state index in [-0.39, 0.29) is 0 Å². The molecule has 1 saturated heterocycles. The molecule has 78 valence electrons. The van der Waals surface area contributed by atoms with Gasteiger partial charge in [0.2, 0.25) is 5.89 Å². The fourth-order valence-electron chi connectivity index (χ4n) is 1.75. The van der Waals surface area contributed by atoms with E-state index in [1.165, 1.54) is 0 Å². The molecular weight excluding hydrogens is 182 g/mol. The molecule has 1 fully saturated rings. The minimum Gasteiger partial charge on any atom is -0.377 e. The van der Waals surface area contributed by atoms with Gasteiger partial charge in [-0.15, -0.1) is 0 Å². The molecule has 5 nitrogen and oxygen atoms in total. The van der Waals surface area contributed by atoms with E-state index in [9.17, 15) is 0 Å². The van der Waals surface area contributed by atoms with Crippen LogP contribution in [-0.2, 0) is 11.3 Å². The van der Waals surface area contributed by atoms with E-state index in [0.29, 0.717) is 24.3 Å². The summed E-state index contributed by atoms with van der Waals surface area (Å²) in [7, 11) is 1.62. The van der Waals surface area contributed by atoms with Crippen LogP contribution in [0.2, 0.25) is 0 Å². The maximum Gasteiger partial charge on any atom is 0.231 e. The van der Waals surface area contributed by atoms with Gasteiger partial charge in [0.05, 0.1) is 5.92 Å². The van der Waals surface area contributed by atoms with Crippen molar-refractivity contribution in [3.8, 4) is 0 Å². The van der Waals surface area contributed by atoms with Crippen molar-refractivity contribution in [1.29, 1.82) is 0 Å². The van der Waals surface area contributed by atoms with Crippen LogP contribution >= 0.6 is 0 Å². The molecule has 14 heavy (non-hydrogen) atoms. The van der Waals surface area contributed by atoms with Crippen LogP contribution < -0.4 is 5.32 Å². The van der Waals surface area contributed by atoms with E-state index in [1.54, 1.807) is 7.11 Å². The van der Waals surface area contributed by atoms with Crippen molar-refractivity contribution >= 4 is 0 Å². The van der Waals surface area contributed by atoms with Crippen molar-refractivity contribution in [3.05, 3.63) is 11.7 Å². The smallest absolute Gasteiger partial charge is 0.231 e. The van der Waals surface area contributed by atoms with Crippen LogP contribution in [0, 0.1) is 5.92 Å². The largest absolute Gasteiger partial charge is 0.377 e. The first-order chi connectivity index (χ1) is 6.81. The van der Waals surface area contributed by atoms with Gasteiger partial charge in [-0.25, -0.2) is 0 Å². The summed E-state index contributed by atoms with van der Waals surface area (Å²) in [5, 5.41) is 7.15. The molecule has 0 bridgehead atoms. The molecule has 0 radical (unpaired) electrons. The van der Waals surface area contributed by atoms with E-state index < -0.39 is 0 Å². The van der Waals surface area contributed by atoms with Gasteiger partial charge in [0.15, 0.2) is 5.82 Å². The summed E-state index contributed by atoms with van der Waals surface area (Å²) in [6.45, 7) is 4.55. The van der Waals surface area contributed by atoms with Crippen molar-refractivity contribution in [3.63, 3.8) is 0 Å². The Balaban J connectivity index is 2.08. The van der Waals surface area contributed by atoms with Gasteiger partial charge in [-0.1, -0.05) is 12.1 Å². The number of hydrogen-bond acceptors (Lipinski definition) is 5. The number of aromatic nitrogens is 2.